The molecule has 0 unspecified atom stereocenters. The molecule has 0 bridgehead atoms. The number of hydrogen-bond acceptors (Lipinski definition) is 7. The molecule has 0 aliphatic carbocycles. The number of aryl methyl sites for hydroxylation is 1. The minimum atomic E-state index is 0.0661. The van der Waals surface area contributed by atoms with Gasteiger partial charge < -0.3 is 25.7 Å². The van der Waals surface area contributed by atoms with Gasteiger partial charge in [0.15, 0.2) is 11.4 Å². The maximum Gasteiger partial charge on any atom is 0.229 e. The molecule has 8 nitrogen and oxygen atoms in total. The van der Waals surface area contributed by atoms with Crippen LogP contribution in [0.25, 0.3) is 11.1 Å². The highest BCUT2D eigenvalue weighted by molar-refractivity contribution is 5.94. The van der Waals surface area contributed by atoms with Crippen molar-refractivity contribution in [2.75, 3.05) is 35.6 Å². The predicted octanol–water partition coefficient (Wildman–Crippen LogP) is 3.26. The van der Waals surface area contributed by atoms with Crippen molar-refractivity contribution in [1.82, 2.24) is 15.3 Å². The van der Waals surface area contributed by atoms with Gasteiger partial charge in [-0.05, 0) is 62.0 Å². The van der Waals surface area contributed by atoms with Crippen LogP contribution in [0.4, 0.5) is 23.1 Å². The van der Waals surface area contributed by atoms with Crippen molar-refractivity contribution in [2.24, 2.45) is 5.92 Å². The molecule has 8 heteroatoms. The van der Waals surface area contributed by atoms with Crippen molar-refractivity contribution in [2.45, 2.75) is 25.7 Å². The minimum absolute atomic E-state index is 0.0661. The fourth-order valence-electron chi connectivity index (χ4n) is 3.96. The molecule has 1 aromatic carbocycles. The van der Waals surface area contributed by atoms with Crippen LogP contribution in [-0.2, 0) is 11.2 Å². The molecule has 1 amide bonds. The minimum Gasteiger partial charge on any atom is -0.459 e. The average molecular weight is 392 g/mol. The predicted molar refractivity (Wildman–Crippen MR) is 113 cm³/mol. The van der Waals surface area contributed by atoms with Crippen LogP contribution in [0.3, 0.4) is 0 Å². The topological polar surface area (TPSA) is 104 Å². The summed E-state index contributed by atoms with van der Waals surface area (Å²) < 4.78 is 5.61. The number of anilines is 4. The summed E-state index contributed by atoms with van der Waals surface area (Å²) in [5, 5.41) is 13.1. The Labute approximate surface area is 168 Å². The molecule has 0 spiro atoms. The number of amides is 1. The number of benzene rings is 1. The third-order valence-electron chi connectivity index (χ3n) is 5.58. The molecule has 4 N–H and O–H groups in total. The lowest BCUT2D eigenvalue weighted by atomic mass is 9.98. The molecule has 1 saturated heterocycles. The van der Waals surface area contributed by atoms with Crippen molar-refractivity contribution in [3.8, 4) is 0 Å². The lowest BCUT2D eigenvalue weighted by Crippen LogP contribution is -2.31. The van der Waals surface area contributed by atoms with Crippen molar-refractivity contribution in [3.63, 3.8) is 0 Å². The van der Waals surface area contributed by atoms with E-state index in [0.29, 0.717) is 29.7 Å². The van der Waals surface area contributed by atoms with E-state index in [1.54, 1.807) is 6.26 Å². The highest BCUT2D eigenvalue weighted by atomic mass is 16.3. The van der Waals surface area contributed by atoms with Gasteiger partial charge in [-0.15, -0.1) is 0 Å². The van der Waals surface area contributed by atoms with Gasteiger partial charge in [0, 0.05) is 30.4 Å². The fourth-order valence-corrected chi connectivity index (χ4v) is 3.96. The molecule has 150 valence electrons. The number of fused-ring (bicyclic) bond motifs is 2. The molecule has 0 radical (unpaired) electrons. The van der Waals surface area contributed by atoms with Gasteiger partial charge in [0.2, 0.25) is 11.9 Å². The SMILES string of the molecule is O=C1CCc2cc(Nc3nc(NCC4CCNCC4)c4occc4n3)ccc2N1. The number of furan rings is 1. The van der Waals surface area contributed by atoms with Gasteiger partial charge in [-0.25, -0.2) is 4.98 Å². The average Bonchev–Trinajstić information content (AvgIpc) is 3.22. The second-order valence-corrected chi connectivity index (χ2v) is 7.65. The van der Waals surface area contributed by atoms with Crippen molar-refractivity contribution < 1.29 is 9.21 Å². The number of nitrogens with zero attached hydrogens (tertiary/aromatic N) is 2. The molecular formula is C21H24N6O2. The van der Waals surface area contributed by atoms with Crippen molar-refractivity contribution >= 4 is 40.1 Å². The van der Waals surface area contributed by atoms with Crippen LogP contribution in [-0.4, -0.2) is 35.5 Å². The summed E-state index contributed by atoms with van der Waals surface area (Å²) in [6, 6.07) is 7.73. The Morgan fingerprint density at radius 2 is 2.03 bits per heavy atom. The van der Waals surface area contributed by atoms with E-state index < -0.39 is 0 Å². The largest absolute Gasteiger partial charge is 0.459 e. The number of rotatable bonds is 5. The number of piperidine rings is 1. The summed E-state index contributed by atoms with van der Waals surface area (Å²) in [7, 11) is 0. The second-order valence-electron chi connectivity index (χ2n) is 7.65. The summed E-state index contributed by atoms with van der Waals surface area (Å²) in [4.78, 5) is 20.8. The quantitative estimate of drug-likeness (QED) is 0.528. The molecule has 2 aromatic heterocycles. The van der Waals surface area contributed by atoms with Crippen LogP contribution < -0.4 is 21.3 Å². The number of nitrogens with one attached hydrogen (secondary N) is 4. The molecular weight excluding hydrogens is 368 g/mol. The van der Waals surface area contributed by atoms with E-state index in [0.717, 1.165) is 61.4 Å². The summed E-state index contributed by atoms with van der Waals surface area (Å²) in [5.41, 5.74) is 4.33. The Kier molecular flexibility index (Phi) is 4.77. The molecule has 29 heavy (non-hydrogen) atoms. The lowest BCUT2D eigenvalue weighted by molar-refractivity contribution is -0.116. The Morgan fingerprint density at radius 3 is 2.93 bits per heavy atom. The maximum atomic E-state index is 11.5. The van der Waals surface area contributed by atoms with Crippen LogP contribution in [0.1, 0.15) is 24.8 Å². The first-order chi connectivity index (χ1) is 14.2. The van der Waals surface area contributed by atoms with Crippen molar-refractivity contribution in [1.29, 1.82) is 0 Å². The maximum absolute atomic E-state index is 11.5. The van der Waals surface area contributed by atoms with Gasteiger partial charge in [0.05, 0.1) is 6.26 Å². The first kappa shape index (κ1) is 17.9. The van der Waals surface area contributed by atoms with Crippen LogP contribution in [0.15, 0.2) is 34.9 Å². The highest BCUT2D eigenvalue weighted by Crippen LogP contribution is 2.29. The normalized spacial score (nSPS) is 17.0. The van der Waals surface area contributed by atoms with Crippen LogP contribution in [0.2, 0.25) is 0 Å². The Morgan fingerprint density at radius 1 is 1.14 bits per heavy atom. The van der Waals surface area contributed by atoms with E-state index in [4.69, 9.17) is 4.42 Å². The zero-order valence-corrected chi connectivity index (χ0v) is 16.1. The Balaban J connectivity index is 1.37. The van der Waals surface area contributed by atoms with Gasteiger partial charge in [0.1, 0.15) is 5.52 Å². The number of carbonyl (C=O) groups is 1. The van der Waals surface area contributed by atoms with Gasteiger partial charge in [-0.2, -0.15) is 4.98 Å². The standard InChI is InChI=1S/C21H24N6O2/c28-18-4-1-14-11-15(2-3-16(14)25-18)24-21-26-17-7-10-29-19(17)20(27-21)23-12-13-5-8-22-9-6-13/h2-3,7,10-11,13,22H,1,4-6,8-9,12H2,(H,25,28)(H2,23,24,26,27). The van der Waals surface area contributed by atoms with E-state index in [1.165, 1.54) is 0 Å². The molecule has 2 aliphatic heterocycles. The van der Waals surface area contributed by atoms with Gasteiger partial charge in [-0.3, -0.25) is 4.79 Å². The molecule has 2 aliphatic rings. The zero-order valence-electron chi connectivity index (χ0n) is 16.1. The third-order valence-corrected chi connectivity index (χ3v) is 5.58. The number of carbonyl (C=O) groups excluding carboxylic acids is 1. The lowest BCUT2D eigenvalue weighted by Gasteiger charge is -2.23. The molecule has 0 saturated carbocycles. The van der Waals surface area contributed by atoms with Gasteiger partial charge in [-0.1, -0.05) is 0 Å². The van der Waals surface area contributed by atoms with Crippen LogP contribution in [0, 0.1) is 5.92 Å². The van der Waals surface area contributed by atoms with Crippen molar-refractivity contribution in [3.05, 3.63) is 36.1 Å². The summed E-state index contributed by atoms with van der Waals surface area (Å²) in [5.74, 6) is 1.93. The second kappa shape index (κ2) is 7.71. The Bertz CT molecular complexity index is 1040. The van der Waals surface area contributed by atoms with Crippen LogP contribution in [0.5, 0.6) is 0 Å². The first-order valence-corrected chi connectivity index (χ1v) is 10.1. The number of aromatic nitrogens is 2. The molecule has 0 atom stereocenters. The molecule has 5 rings (SSSR count). The van der Waals surface area contributed by atoms with E-state index in [9.17, 15) is 4.79 Å². The summed E-state index contributed by atoms with van der Waals surface area (Å²) in [6.45, 7) is 3.00. The summed E-state index contributed by atoms with van der Waals surface area (Å²) in [6.07, 6.45) is 5.22. The fraction of sp³-hybridized carbons (Fsp3) is 0.381. The van der Waals surface area contributed by atoms with Gasteiger partial charge in [0.25, 0.3) is 0 Å². The van der Waals surface area contributed by atoms with E-state index >= 15 is 0 Å². The van der Waals surface area contributed by atoms with Gasteiger partial charge >= 0.3 is 0 Å². The monoisotopic (exact) mass is 392 g/mol. The molecule has 1 fully saturated rings. The third kappa shape index (κ3) is 3.88. The summed E-state index contributed by atoms with van der Waals surface area (Å²) >= 11 is 0. The highest BCUT2D eigenvalue weighted by Gasteiger charge is 2.17. The molecule has 4 heterocycles. The number of hydrogen-bond donors (Lipinski definition) is 4. The van der Waals surface area contributed by atoms with Crippen LogP contribution >= 0.6 is 0 Å². The Hall–Kier alpha value is -3.13. The first-order valence-electron chi connectivity index (χ1n) is 10.1. The van der Waals surface area contributed by atoms with E-state index in [2.05, 4.69) is 31.2 Å². The smallest absolute Gasteiger partial charge is 0.229 e. The molecule has 3 aromatic rings. The zero-order chi connectivity index (χ0) is 19.6. The van der Waals surface area contributed by atoms with E-state index in [-0.39, 0.29) is 5.91 Å². The van der Waals surface area contributed by atoms with E-state index in [1.807, 2.05) is 24.3 Å².